The maximum atomic E-state index is 15.2. The third-order valence-electron chi connectivity index (χ3n) is 16.1. The molecule has 0 aliphatic heterocycles. The molecule has 0 aliphatic carbocycles. The van der Waals surface area contributed by atoms with Gasteiger partial charge in [0, 0.05) is 72.0 Å². The van der Waals surface area contributed by atoms with E-state index in [9.17, 15) is 0 Å². The normalized spacial score (nSPS) is 11.8. The molecule has 93 heavy (non-hydrogen) atoms. The van der Waals surface area contributed by atoms with Gasteiger partial charge in [-0.1, -0.05) is 206 Å². The lowest BCUT2D eigenvalue weighted by Gasteiger charge is -2.22. The molecule has 0 N–H and O–H groups in total. The lowest BCUT2D eigenvalue weighted by molar-refractivity contribution is -0.138. The largest absolute Gasteiger partial charge is 0.416 e. The first-order valence-electron chi connectivity index (χ1n) is 29.7. The van der Waals surface area contributed by atoms with Gasteiger partial charge in [-0.15, -0.1) is 0 Å². The van der Waals surface area contributed by atoms with Crippen molar-refractivity contribution in [3.63, 3.8) is 0 Å². The molecule has 0 spiro atoms. The predicted molar refractivity (Wildman–Crippen MR) is 353 cm³/mol. The van der Waals surface area contributed by atoms with Crippen LogP contribution in [0.15, 0.2) is 285 Å². The Hall–Kier alpha value is -12.1. The minimum atomic E-state index is -4.79. The summed E-state index contributed by atoms with van der Waals surface area (Å²) in [4.78, 5) is 40.6. The first kappa shape index (κ1) is 57.3. The Morgan fingerprint density at radius 1 is 0.226 bits per heavy atom. The molecule has 11 aromatic carbocycles. The molecule has 0 saturated heterocycles. The lowest BCUT2D eigenvalue weighted by atomic mass is 9.91. The van der Waals surface area contributed by atoms with Gasteiger partial charge in [-0.25, -0.2) is 39.9 Å². The summed E-state index contributed by atoms with van der Waals surface area (Å²) in [6.07, 6.45) is -9.58. The molecule has 0 aliphatic rings. The monoisotopic (exact) mass is 1220 g/mol. The summed E-state index contributed by atoms with van der Waals surface area (Å²) >= 11 is 0. The smallest absolute Gasteiger partial charge is 0.308 e. The zero-order valence-electron chi connectivity index (χ0n) is 48.9. The fraction of sp³-hybridized carbons (Fsp3) is 0.0256. The van der Waals surface area contributed by atoms with E-state index in [1.165, 1.54) is 12.1 Å². The molecule has 0 amide bonds. The van der Waals surface area contributed by atoms with Gasteiger partial charge < -0.3 is 4.57 Å². The molecule has 15 rings (SSSR count). The van der Waals surface area contributed by atoms with Crippen LogP contribution in [-0.2, 0) is 12.4 Å². The van der Waals surface area contributed by atoms with E-state index < -0.39 is 23.5 Å². The van der Waals surface area contributed by atoms with E-state index in [1.807, 2.05) is 229 Å². The van der Waals surface area contributed by atoms with Crippen molar-refractivity contribution in [1.29, 1.82) is 0 Å². The average Bonchev–Trinajstić information content (AvgIpc) is 1.60. The van der Waals surface area contributed by atoms with Crippen LogP contribution in [0.1, 0.15) is 11.1 Å². The van der Waals surface area contributed by atoms with Crippen LogP contribution in [0.25, 0.3) is 152 Å². The van der Waals surface area contributed by atoms with Crippen molar-refractivity contribution in [2.75, 3.05) is 0 Å². The maximum absolute atomic E-state index is 15.2. The summed E-state index contributed by atoms with van der Waals surface area (Å²) in [5.41, 5.74) is 7.18. The Balaban J connectivity index is 1.06. The summed E-state index contributed by atoms with van der Waals surface area (Å²) in [5.74, 6) is 2.54. The number of hydrogen-bond donors (Lipinski definition) is 0. The molecule has 4 heterocycles. The fourth-order valence-electron chi connectivity index (χ4n) is 11.7. The summed E-state index contributed by atoms with van der Waals surface area (Å²) < 4.78 is 93.2. The lowest BCUT2D eigenvalue weighted by Crippen LogP contribution is -2.07. The van der Waals surface area contributed by atoms with Crippen molar-refractivity contribution in [2.45, 2.75) is 12.4 Å². The number of halogens is 6. The molecule has 0 saturated carbocycles. The first-order chi connectivity index (χ1) is 45.3. The van der Waals surface area contributed by atoms with E-state index >= 15 is 26.3 Å². The van der Waals surface area contributed by atoms with Crippen LogP contribution < -0.4 is 0 Å². The van der Waals surface area contributed by atoms with E-state index in [-0.39, 0.29) is 33.8 Å². The van der Waals surface area contributed by atoms with Crippen molar-refractivity contribution < 1.29 is 26.3 Å². The highest BCUT2D eigenvalue weighted by Gasteiger charge is 2.33. The summed E-state index contributed by atoms with van der Waals surface area (Å²) in [6, 6.07) is 83.7. The molecule has 0 atom stereocenters. The third kappa shape index (κ3) is 11.4. The quantitative estimate of drug-likeness (QED) is 0.111. The first-order valence-corrected chi connectivity index (χ1v) is 29.7. The molecule has 15 aromatic rings. The Bertz CT molecular complexity index is 4850. The van der Waals surface area contributed by atoms with Crippen molar-refractivity contribution in [1.82, 2.24) is 44.4 Å². The minimum Gasteiger partial charge on any atom is -0.308 e. The Morgan fingerprint density at radius 2 is 0.516 bits per heavy atom. The molecule has 4 aromatic heterocycles. The second-order valence-electron chi connectivity index (χ2n) is 22.1. The second-order valence-corrected chi connectivity index (χ2v) is 22.1. The van der Waals surface area contributed by atoms with Crippen LogP contribution in [0.2, 0.25) is 0 Å². The summed E-state index contributed by atoms with van der Waals surface area (Å²) in [6.45, 7) is 0. The molecule has 0 fully saturated rings. The highest BCUT2D eigenvalue weighted by atomic mass is 19.4. The maximum Gasteiger partial charge on any atom is 0.416 e. The molecule has 0 bridgehead atoms. The van der Waals surface area contributed by atoms with Gasteiger partial charge in [0.25, 0.3) is 0 Å². The highest BCUT2D eigenvalue weighted by molar-refractivity contribution is 6.13. The number of nitrogens with zero attached hydrogens (tertiary/aromatic N) is 9. The van der Waals surface area contributed by atoms with Crippen LogP contribution in [0.3, 0.4) is 0 Å². The fourth-order valence-corrected chi connectivity index (χ4v) is 11.7. The molecule has 15 heteroatoms. The van der Waals surface area contributed by atoms with Crippen LogP contribution in [0, 0.1) is 0 Å². The zero-order valence-corrected chi connectivity index (χ0v) is 48.9. The second kappa shape index (κ2) is 23.7. The van der Waals surface area contributed by atoms with Gasteiger partial charge in [-0.2, -0.15) is 26.3 Å². The summed E-state index contributed by atoms with van der Waals surface area (Å²) in [5, 5.41) is 1.24. The van der Waals surface area contributed by atoms with Crippen molar-refractivity contribution >= 4 is 21.8 Å². The molecular weight excluding hydrogens is 1180 g/mol. The standard InChI is InChI=1S/C78H47F6N9/c79-77(80,81)59-35-19-33-54(41-59)61-45-58(76-85-65(48-21-7-1-8-22-48)47-66(86-76)49-23-9-2-10-24-49)46-62(55-34-20-36-60(42-55)78(82,83)84)69(61)93-67-39-37-56(74-89-70(50-25-11-3-12-26-50)87-71(90-74)51-27-13-4-14-28-51)43-63(67)64-44-57(38-40-68(64)93)75-91-72(52-29-15-5-16-30-52)88-73(92-75)53-31-17-6-18-32-53/h1-47H. The van der Waals surface area contributed by atoms with Gasteiger partial charge in [0.15, 0.2) is 40.8 Å². The number of benzene rings is 11. The topological polar surface area (TPSA) is 108 Å². The summed E-state index contributed by atoms with van der Waals surface area (Å²) in [7, 11) is 0. The van der Waals surface area contributed by atoms with Gasteiger partial charge >= 0.3 is 12.4 Å². The Morgan fingerprint density at radius 3 is 0.839 bits per heavy atom. The van der Waals surface area contributed by atoms with E-state index in [2.05, 4.69) is 0 Å². The SMILES string of the molecule is FC(F)(F)c1cccc(-c2cc(-c3nc(-c4ccccc4)cc(-c4ccccc4)n3)cc(-c3cccc(C(F)(F)F)c3)c2-n2c3ccc(-c4nc(-c5ccccc5)nc(-c5ccccc5)n4)cc3c3cc(-c4nc(-c5ccccc5)nc(-c5ccccc5)n4)ccc32)c1. The number of aromatic nitrogens is 9. The van der Waals surface area contributed by atoms with Gasteiger partial charge in [0.2, 0.25) is 0 Å². The van der Waals surface area contributed by atoms with Crippen molar-refractivity contribution in [3.05, 3.63) is 296 Å². The van der Waals surface area contributed by atoms with E-state index in [0.717, 1.165) is 57.6 Å². The van der Waals surface area contributed by atoms with Gasteiger partial charge in [0.05, 0.1) is 39.2 Å². The third-order valence-corrected chi connectivity index (χ3v) is 16.1. The average molecular weight is 1220 g/mol. The molecule has 446 valence electrons. The zero-order chi connectivity index (χ0) is 63.2. The van der Waals surface area contributed by atoms with Crippen LogP contribution in [0.5, 0.6) is 0 Å². The molecule has 0 unspecified atom stereocenters. The Labute approximate surface area is 528 Å². The van der Waals surface area contributed by atoms with Crippen molar-refractivity contribution in [3.8, 4) is 130 Å². The Kier molecular flexibility index (Phi) is 14.6. The van der Waals surface area contributed by atoms with E-state index in [0.29, 0.717) is 84.8 Å². The highest BCUT2D eigenvalue weighted by Crippen LogP contribution is 2.47. The number of fused-ring (bicyclic) bond motifs is 3. The van der Waals surface area contributed by atoms with E-state index in [1.54, 1.807) is 24.3 Å². The molecular formula is C78H47F6N9. The molecule has 9 nitrogen and oxygen atoms in total. The number of hydrogen-bond acceptors (Lipinski definition) is 8. The predicted octanol–water partition coefficient (Wildman–Crippen LogP) is 20.3. The van der Waals surface area contributed by atoms with Gasteiger partial charge in [-0.3, -0.25) is 0 Å². The minimum absolute atomic E-state index is 0.111. The van der Waals surface area contributed by atoms with Gasteiger partial charge in [-0.05, 0) is 90.0 Å². The van der Waals surface area contributed by atoms with Crippen LogP contribution >= 0.6 is 0 Å². The van der Waals surface area contributed by atoms with Crippen molar-refractivity contribution in [2.24, 2.45) is 0 Å². The number of rotatable bonds is 12. The van der Waals surface area contributed by atoms with Gasteiger partial charge in [0.1, 0.15) is 0 Å². The van der Waals surface area contributed by atoms with Crippen LogP contribution in [0.4, 0.5) is 26.3 Å². The molecule has 0 radical (unpaired) electrons. The van der Waals surface area contributed by atoms with E-state index in [4.69, 9.17) is 39.9 Å². The number of alkyl halides is 6. The van der Waals surface area contributed by atoms with Crippen LogP contribution in [-0.4, -0.2) is 44.4 Å².